The first-order valence-electron chi connectivity index (χ1n) is 6.48. The van der Waals surface area contributed by atoms with Gasteiger partial charge in [0.1, 0.15) is 5.82 Å². The van der Waals surface area contributed by atoms with Crippen LogP contribution in [-0.4, -0.2) is 20.6 Å². The Kier molecular flexibility index (Phi) is 4.36. The summed E-state index contributed by atoms with van der Waals surface area (Å²) < 4.78 is 16.3. The molecule has 0 spiro atoms. The van der Waals surface area contributed by atoms with E-state index in [1.54, 1.807) is 12.1 Å². The molecule has 2 nitrogen and oxygen atoms in total. The van der Waals surface area contributed by atoms with E-state index in [0.717, 1.165) is 30.4 Å². The standard InChI is InChI=1S/C14H19FN2S2/c1-4-14(5-2,19-3)9-17-12-8-10(15)6-7-11(12)16-13(17)18/h6-8H,4-5,9H2,1-3H3,(H,16,18). The summed E-state index contributed by atoms with van der Waals surface area (Å²) in [6, 6.07) is 4.76. The maximum Gasteiger partial charge on any atom is 0.178 e. The van der Waals surface area contributed by atoms with Gasteiger partial charge in [-0.25, -0.2) is 4.39 Å². The predicted molar refractivity (Wildman–Crippen MR) is 83.9 cm³/mol. The highest BCUT2D eigenvalue weighted by Gasteiger charge is 2.26. The number of H-pyrrole nitrogens is 1. The molecule has 19 heavy (non-hydrogen) atoms. The molecule has 0 aliphatic rings. The van der Waals surface area contributed by atoms with Crippen LogP contribution in [-0.2, 0) is 6.54 Å². The topological polar surface area (TPSA) is 20.7 Å². The van der Waals surface area contributed by atoms with Crippen molar-refractivity contribution in [3.8, 4) is 0 Å². The Hall–Kier alpha value is -0.810. The summed E-state index contributed by atoms with van der Waals surface area (Å²) in [6.45, 7) is 5.20. The highest BCUT2D eigenvalue weighted by Crippen LogP contribution is 2.33. The highest BCUT2D eigenvalue weighted by molar-refractivity contribution is 8.00. The molecule has 0 bridgehead atoms. The molecule has 0 atom stereocenters. The number of aromatic amines is 1. The number of thioether (sulfide) groups is 1. The van der Waals surface area contributed by atoms with Crippen molar-refractivity contribution in [2.75, 3.05) is 6.26 Å². The first-order valence-corrected chi connectivity index (χ1v) is 8.11. The van der Waals surface area contributed by atoms with Crippen molar-refractivity contribution in [1.29, 1.82) is 0 Å². The molecule has 1 N–H and O–H groups in total. The van der Waals surface area contributed by atoms with Crippen molar-refractivity contribution in [1.82, 2.24) is 9.55 Å². The summed E-state index contributed by atoms with van der Waals surface area (Å²) in [6.07, 6.45) is 4.26. The maximum atomic E-state index is 13.4. The molecule has 0 radical (unpaired) electrons. The van der Waals surface area contributed by atoms with Crippen molar-refractivity contribution >= 4 is 35.0 Å². The van der Waals surface area contributed by atoms with Crippen molar-refractivity contribution in [3.63, 3.8) is 0 Å². The fourth-order valence-corrected chi connectivity index (χ4v) is 3.51. The zero-order chi connectivity index (χ0) is 14.0. The summed E-state index contributed by atoms with van der Waals surface area (Å²) >= 11 is 7.25. The molecule has 0 unspecified atom stereocenters. The minimum absolute atomic E-state index is 0.152. The van der Waals surface area contributed by atoms with E-state index in [1.165, 1.54) is 6.07 Å². The smallest absolute Gasteiger partial charge is 0.178 e. The number of nitrogens with one attached hydrogen (secondary N) is 1. The number of imidazole rings is 1. The Morgan fingerprint density at radius 3 is 2.63 bits per heavy atom. The van der Waals surface area contributed by atoms with Gasteiger partial charge < -0.3 is 9.55 Å². The number of aromatic nitrogens is 2. The van der Waals surface area contributed by atoms with Crippen LogP contribution in [0.25, 0.3) is 11.0 Å². The third-order valence-electron chi connectivity index (χ3n) is 3.91. The fraction of sp³-hybridized carbons (Fsp3) is 0.500. The second-order valence-corrected chi connectivity index (χ2v) is 6.43. The minimum atomic E-state index is -0.224. The number of benzene rings is 1. The van der Waals surface area contributed by atoms with Gasteiger partial charge in [0.15, 0.2) is 4.77 Å². The minimum Gasteiger partial charge on any atom is -0.331 e. The molecule has 1 aromatic heterocycles. The van der Waals surface area contributed by atoms with Gasteiger partial charge in [0.2, 0.25) is 0 Å². The lowest BCUT2D eigenvalue weighted by atomic mass is 10.0. The quantitative estimate of drug-likeness (QED) is 0.803. The second kappa shape index (κ2) is 5.67. The van der Waals surface area contributed by atoms with Gasteiger partial charge >= 0.3 is 0 Å². The highest BCUT2D eigenvalue weighted by atomic mass is 32.2. The van der Waals surface area contributed by atoms with Gasteiger partial charge in [-0.2, -0.15) is 11.8 Å². The number of nitrogens with zero attached hydrogens (tertiary/aromatic N) is 1. The summed E-state index contributed by atoms with van der Waals surface area (Å²) in [5.74, 6) is -0.224. The lowest BCUT2D eigenvalue weighted by Gasteiger charge is -2.30. The number of fused-ring (bicyclic) bond motifs is 1. The van der Waals surface area contributed by atoms with E-state index in [1.807, 2.05) is 16.3 Å². The van der Waals surface area contributed by atoms with Gasteiger partial charge in [0.05, 0.1) is 11.0 Å². The molecule has 1 aromatic carbocycles. The SMILES string of the molecule is CCC(CC)(Cn1c(=S)[nH]c2ccc(F)cc21)SC. The van der Waals surface area contributed by atoms with Crippen LogP contribution in [0.2, 0.25) is 0 Å². The van der Waals surface area contributed by atoms with Crippen molar-refractivity contribution in [2.45, 2.75) is 38.0 Å². The van der Waals surface area contributed by atoms with Crippen LogP contribution in [0.5, 0.6) is 0 Å². The number of halogens is 1. The van der Waals surface area contributed by atoms with Crippen LogP contribution < -0.4 is 0 Å². The Balaban J connectivity index is 2.53. The van der Waals surface area contributed by atoms with E-state index in [4.69, 9.17) is 12.2 Å². The van der Waals surface area contributed by atoms with E-state index in [0.29, 0.717) is 4.77 Å². The molecule has 1 heterocycles. The molecular weight excluding hydrogens is 279 g/mol. The molecule has 0 saturated carbocycles. The van der Waals surface area contributed by atoms with Crippen LogP contribution >= 0.6 is 24.0 Å². The van der Waals surface area contributed by atoms with Gasteiger partial charge in [-0.15, -0.1) is 0 Å². The first-order chi connectivity index (χ1) is 9.05. The van der Waals surface area contributed by atoms with Gasteiger partial charge in [-0.3, -0.25) is 0 Å². The number of hydrogen-bond donors (Lipinski definition) is 1. The molecule has 0 fully saturated rings. The molecule has 104 valence electrons. The third-order valence-corrected chi connectivity index (χ3v) is 5.80. The molecule has 2 aromatic rings. The number of hydrogen-bond acceptors (Lipinski definition) is 2. The van der Waals surface area contributed by atoms with E-state index < -0.39 is 0 Å². The maximum absolute atomic E-state index is 13.4. The Labute approximate surface area is 122 Å². The van der Waals surface area contributed by atoms with E-state index in [2.05, 4.69) is 25.1 Å². The zero-order valence-electron chi connectivity index (χ0n) is 11.5. The van der Waals surface area contributed by atoms with Crippen molar-refractivity contribution < 1.29 is 4.39 Å². The van der Waals surface area contributed by atoms with E-state index in [-0.39, 0.29) is 10.6 Å². The largest absolute Gasteiger partial charge is 0.331 e. The molecule has 0 aliphatic carbocycles. The average molecular weight is 298 g/mol. The first kappa shape index (κ1) is 14.6. The summed E-state index contributed by atoms with van der Waals surface area (Å²) in [4.78, 5) is 3.15. The molecular formula is C14H19FN2S2. The van der Waals surface area contributed by atoms with Gasteiger partial charge in [0, 0.05) is 11.3 Å². The van der Waals surface area contributed by atoms with Crippen LogP contribution in [0, 0.1) is 10.6 Å². The Bertz CT molecular complexity index is 618. The van der Waals surface area contributed by atoms with E-state index >= 15 is 0 Å². The summed E-state index contributed by atoms with van der Waals surface area (Å²) in [7, 11) is 0. The number of rotatable bonds is 5. The van der Waals surface area contributed by atoms with Crippen LogP contribution in [0.15, 0.2) is 18.2 Å². The van der Waals surface area contributed by atoms with Crippen LogP contribution in [0.3, 0.4) is 0 Å². The molecule has 5 heteroatoms. The zero-order valence-corrected chi connectivity index (χ0v) is 13.1. The Morgan fingerprint density at radius 1 is 1.37 bits per heavy atom. The second-order valence-electron chi connectivity index (χ2n) is 4.77. The van der Waals surface area contributed by atoms with Gasteiger partial charge in [-0.05, 0) is 49.5 Å². The normalized spacial score (nSPS) is 12.2. The fourth-order valence-electron chi connectivity index (χ4n) is 2.40. The molecule has 0 saturated heterocycles. The van der Waals surface area contributed by atoms with Crippen LogP contribution in [0.1, 0.15) is 26.7 Å². The Morgan fingerprint density at radius 2 is 2.05 bits per heavy atom. The van der Waals surface area contributed by atoms with Crippen molar-refractivity contribution in [2.24, 2.45) is 0 Å². The van der Waals surface area contributed by atoms with Gasteiger partial charge in [-0.1, -0.05) is 13.8 Å². The summed E-state index contributed by atoms with van der Waals surface area (Å²) in [5.41, 5.74) is 1.75. The molecule has 0 amide bonds. The third kappa shape index (κ3) is 2.72. The predicted octanol–water partition coefficient (Wildman–Crippen LogP) is 4.76. The van der Waals surface area contributed by atoms with E-state index in [9.17, 15) is 4.39 Å². The van der Waals surface area contributed by atoms with Crippen molar-refractivity contribution in [3.05, 3.63) is 28.8 Å². The monoisotopic (exact) mass is 298 g/mol. The lowest BCUT2D eigenvalue weighted by Crippen LogP contribution is -2.29. The summed E-state index contributed by atoms with van der Waals surface area (Å²) in [5, 5.41) is 0. The van der Waals surface area contributed by atoms with Gasteiger partial charge in [0.25, 0.3) is 0 Å². The molecule has 2 rings (SSSR count). The molecule has 0 aliphatic heterocycles. The average Bonchev–Trinajstić information content (AvgIpc) is 2.72. The van der Waals surface area contributed by atoms with Crippen LogP contribution in [0.4, 0.5) is 4.39 Å². The lowest BCUT2D eigenvalue weighted by molar-refractivity contribution is 0.470.